The van der Waals surface area contributed by atoms with Crippen molar-refractivity contribution in [3.63, 3.8) is 0 Å². The van der Waals surface area contributed by atoms with E-state index in [0.29, 0.717) is 4.90 Å². The fourth-order valence-electron chi connectivity index (χ4n) is 2.63. The minimum absolute atomic E-state index is 0.00476. The summed E-state index contributed by atoms with van der Waals surface area (Å²) in [5.74, 6) is -1.39. The number of hydrogen-bond donors (Lipinski definition) is 1. The normalized spacial score (nSPS) is 20.5. The van der Waals surface area contributed by atoms with Crippen molar-refractivity contribution in [3.05, 3.63) is 35.9 Å². The van der Waals surface area contributed by atoms with Crippen molar-refractivity contribution in [1.82, 2.24) is 4.90 Å². The number of carbonyl (C=O) groups is 3. The molecule has 1 fully saturated rings. The number of esters is 1. The second kappa shape index (κ2) is 7.23. The third kappa shape index (κ3) is 4.17. The fraction of sp³-hybridized carbons (Fsp3) is 0.500. The molecule has 1 saturated heterocycles. The Hall–Kier alpha value is -2.41. The molecule has 25 heavy (non-hydrogen) atoms. The molecule has 1 aromatic carbocycles. The highest BCUT2D eigenvalue weighted by Crippen LogP contribution is 2.33. The largest absolute Gasteiger partial charge is 0.459 e. The first-order valence-corrected chi connectivity index (χ1v) is 8.08. The van der Waals surface area contributed by atoms with E-state index in [1.165, 1.54) is 0 Å². The zero-order valence-corrected chi connectivity index (χ0v) is 14.7. The lowest BCUT2D eigenvalue weighted by atomic mass is 9.97. The smallest absolute Gasteiger partial charge is 0.418 e. The van der Waals surface area contributed by atoms with Gasteiger partial charge in [0.15, 0.2) is 5.54 Å². The molecule has 136 valence electrons. The van der Waals surface area contributed by atoms with E-state index in [-0.39, 0.29) is 19.4 Å². The van der Waals surface area contributed by atoms with Crippen molar-refractivity contribution in [1.29, 1.82) is 0 Å². The van der Waals surface area contributed by atoms with Crippen LogP contribution in [0.2, 0.25) is 0 Å². The van der Waals surface area contributed by atoms with Crippen LogP contribution in [0, 0.1) is 0 Å². The Morgan fingerprint density at radius 2 is 1.88 bits per heavy atom. The maximum absolute atomic E-state index is 12.6. The van der Waals surface area contributed by atoms with Gasteiger partial charge >= 0.3 is 12.1 Å². The zero-order chi connectivity index (χ0) is 18.7. The van der Waals surface area contributed by atoms with Crippen LogP contribution >= 0.6 is 0 Å². The predicted octanol–water partition coefficient (Wildman–Crippen LogP) is 2.02. The number of rotatable bonds is 4. The van der Waals surface area contributed by atoms with Crippen LogP contribution < -0.4 is 0 Å². The Labute approximate surface area is 146 Å². The number of imide groups is 1. The molecule has 1 aliphatic heterocycles. The minimum Gasteiger partial charge on any atom is -0.459 e. The van der Waals surface area contributed by atoms with Crippen LogP contribution in [0.25, 0.3) is 0 Å². The van der Waals surface area contributed by atoms with E-state index in [2.05, 4.69) is 0 Å². The SMILES string of the molecule is CC(C)(C)OC(=O)N1C(=O)CC[C@]1(CO)C(=O)OCc1ccccc1. The van der Waals surface area contributed by atoms with Gasteiger partial charge in [0.1, 0.15) is 12.2 Å². The second-order valence-electron chi connectivity index (χ2n) is 6.96. The first kappa shape index (κ1) is 18.9. The molecule has 0 spiro atoms. The van der Waals surface area contributed by atoms with Gasteiger partial charge in [-0.2, -0.15) is 0 Å². The van der Waals surface area contributed by atoms with E-state index in [9.17, 15) is 19.5 Å². The van der Waals surface area contributed by atoms with Crippen LogP contribution in [0.4, 0.5) is 4.79 Å². The molecule has 7 heteroatoms. The highest BCUT2D eigenvalue weighted by Gasteiger charge is 2.56. The van der Waals surface area contributed by atoms with Crippen LogP contribution in [0.1, 0.15) is 39.2 Å². The first-order valence-electron chi connectivity index (χ1n) is 8.08. The van der Waals surface area contributed by atoms with E-state index in [1.807, 2.05) is 6.07 Å². The van der Waals surface area contributed by atoms with Crippen molar-refractivity contribution in [2.75, 3.05) is 6.61 Å². The van der Waals surface area contributed by atoms with Crippen molar-refractivity contribution in [2.24, 2.45) is 0 Å². The molecule has 1 N–H and O–H groups in total. The topological polar surface area (TPSA) is 93.1 Å². The average Bonchev–Trinajstić information content (AvgIpc) is 2.90. The Balaban J connectivity index is 2.19. The molecule has 2 rings (SSSR count). The molecule has 1 heterocycles. The summed E-state index contributed by atoms with van der Waals surface area (Å²) < 4.78 is 10.5. The van der Waals surface area contributed by atoms with Gasteiger partial charge < -0.3 is 14.6 Å². The van der Waals surface area contributed by atoms with Gasteiger partial charge in [-0.15, -0.1) is 0 Å². The van der Waals surface area contributed by atoms with Gasteiger partial charge in [-0.25, -0.2) is 14.5 Å². The number of aliphatic hydroxyl groups excluding tert-OH is 1. The fourth-order valence-corrected chi connectivity index (χ4v) is 2.63. The number of likely N-dealkylation sites (tertiary alicyclic amines) is 1. The van der Waals surface area contributed by atoms with Crippen LogP contribution in [0.15, 0.2) is 30.3 Å². The zero-order valence-electron chi connectivity index (χ0n) is 14.7. The Kier molecular flexibility index (Phi) is 5.47. The summed E-state index contributed by atoms with van der Waals surface area (Å²) in [6.45, 7) is 4.22. The van der Waals surface area contributed by atoms with Crippen molar-refractivity contribution in [2.45, 2.75) is 51.4 Å². The molecule has 1 aromatic rings. The molecular weight excluding hydrogens is 326 g/mol. The van der Waals surface area contributed by atoms with E-state index in [1.54, 1.807) is 45.0 Å². The molecule has 7 nitrogen and oxygen atoms in total. The Morgan fingerprint density at radius 3 is 2.44 bits per heavy atom. The summed E-state index contributed by atoms with van der Waals surface area (Å²) in [6, 6.07) is 9.00. The maximum Gasteiger partial charge on any atom is 0.418 e. The number of ether oxygens (including phenoxy) is 2. The van der Waals surface area contributed by atoms with Gasteiger partial charge in [0, 0.05) is 6.42 Å². The highest BCUT2D eigenvalue weighted by atomic mass is 16.6. The van der Waals surface area contributed by atoms with Gasteiger partial charge in [0.25, 0.3) is 0 Å². The highest BCUT2D eigenvalue weighted by molar-refractivity contribution is 6.02. The van der Waals surface area contributed by atoms with Crippen LogP contribution in [-0.4, -0.2) is 45.7 Å². The van der Waals surface area contributed by atoms with Crippen LogP contribution in [-0.2, 0) is 25.7 Å². The van der Waals surface area contributed by atoms with Gasteiger partial charge in [0.2, 0.25) is 5.91 Å². The summed E-state index contributed by atoms with van der Waals surface area (Å²) in [4.78, 5) is 37.9. The van der Waals surface area contributed by atoms with Crippen molar-refractivity contribution < 1.29 is 29.0 Å². The van der Waals surface area contributed by atoms with E-state index < -0.39 is 35.7 Å². The maximum atomic E-state index is 12.6. The van der Waals surface area contributed by atoms with E-state index in [4.69, 9.17) is 9.47 Å². The number of aliphatic hydroxyl groups is 1. The number of nitrogens with zero attached hydrogens (tertiary/aromatic N) is 1. The van der Waals surface area contributed by atoms with E-state index >= 15 is 0 Å². The number of carbonyl (C=O) groups excluding carboxylic acids is 3. The molecular formula is C18H23NO6. The molecule has 0 radical (unpaired) electrons. The summed E-state index contributed by atoms with van der Waals surface area (Å²) >= 11 is 0. The lowest BCUT2D eigenvalue weighted by Crippen LogP contribution is -2.58. The molecule has 1 atom stereocenters. The molecule has 0 aliphatic carbocycles. The van der Waals surface area contributed by atoms with Gasteiger partial charge in [0.05, 0.1) is 6.61 Å². The summed E-state index contributed by atoms with van der Waals surface area (Å²) in [5.41, 5.74) is -1.82. The molecule has 0 unspecified atom stereocenters. The van der Waals surface area contributed by atoms with Gasteiger partial charge in [-0.1, -0.05) is 30.3 Å². The summed E-state index contributed by atoms with van der Waals surface area (Å²) in [5, 5.41) is 9.82. The summed E-state index contributed by atoms with van der Waals surface area (Å²) in [6.07, 6.45) is -1.00. The molecule has 0 saturated carbocycles. The van der Waals surface area contributed by atoms with Crippen LogP contribution in [0.5, 0.6) is 0 Å². The molecule has 0 bridgehead atoms. The van der Waals surface area contributed by atoms with Gasteiger partial charge in [-0.05, 0) is 32.8 Å². The van der Waals surface area contributed by atoms with Gasteiger partial charge in [-0.3, -0.25) is 4.79 Å². The third-order valence-electron chi connectivity index (χ3n) is 3.86. The van der Waals surface area contributed by atoms with E-state index in [0.717, 1.165) is 5.56 Å². The minimum atomic E-state index is -1.74. The Morgan fingerprint density at radius 1 is 1.24 bits per heavy atom. The number of amides is 2. The number of benzene rings is 1. The predicted molar refractivity (Wildman–Crippen MR) is 88.4 cm³/mol. The van der Waals surface area contributed by atoms with Crippen molar-refractivity contribution in [3.8, 4) is 0 Å². The molecule has 0 aromatic heterocycles. The first-order chi connectivity index (χ1) is 11.7. The number of hydrogen-bond acceptors (Lipinski definition) is 6. The summed E-state index contributed by atoms with van der Waals surface area (Å²) in [7, 11) is 0. The van der Waals surface area contributed by atoms with Crippen LogP contribution in [0.3, 0.4) is 0 Å². The quantitative estimate of drug-likeness (QED) is 0.836. The third-order valence-corrected chi connectivity index (χ3v) is 3.86. The molecule has 2 amide bonds. The lowest BCUT2D eigenvalue weighted by molar-refractivity contribution is -0.163. The monoisotopic (exact) mass is 349 g/mol. The second-order valence-corrected chi connectivity index (χ2v) is 6.96. The lowest BCUT2D eigenvalue weighted by Gasteiger charge is -2.34. The standard InChI is InChI=1S/C18H23NO6/c1-17(2,3)25-16(23)19-14(21)9-10-18(19,12-20)15(22)24-11-13-7-5-4-6-8-13/h4-8,20H,9-12H2,1-3H3/t18-/m0/s1. The average molecular weight is 349 g/mol. The van der Waals surface area contributed by atoms with Crippen molar-refractivity contribution >= 4 is 18.0 Å². The Bertz CT molecular complexity index is 651. The molecule has 1 aliphatic rings.